The molecule has 14 heavy (non-hydrogen) atoms. The molecule has 0 aromatic carbocycles. The second-order valence-electron chi connectivity index (χ2n) is 2.75. The van der Waals surface area contributed by atoms with Gasteiger partial charge in [-0.1, -0.05) is 6.08 Å². The molecule has 0 heterocycles. The van der Waals surface area contributed by atoms with Gasteiger partial charge in [-0.25, -0.2) is 0 Å². The molecule has 2 amide bonds. The molecule has 1 atom stereocenters. The van der Waals surface area contributed by atoms with Crippen LogP contribution in [0.15, 0.2) is 12.7 Å². The predicted molar refractivity (Wildman–Crippen MR) is 45.3 cm³/mol. The van der Waals surface area contributed by atoms with Gasteiger partial charge in [-0.05, 0) is 0 Å². The van der Waals surface area contributed by atoms with Crippen LogP contribution in [0.2, 0.25) is 0 Å². The Bertz CT molecular complexity index is 275. The lowest BCUT2D eigenvalue weighted by molar-refractivity contribution is -0.250. The Morgan fingerprint density at radius 1 is 1.21 bits per heavy atom. The number of hydrogen-bond acceptors (Lipinski definition) is 5. The van der Waals surface area contributed by atoms with E-state index in [2.05, 4.69) is 12.3 Å². The third-order valence-corrected chi connectivity index (χ3v) is 1.77. The topological polar surface area (TPSA) is 147 Å². The minimum atomic E-state index is -3.42. The number of amides is 2. The van der Waals surface area contributed by atoms with E-state index in [0.717, 1.165) is 6.08 Å². The monoisotopic (exact) mass is 204 g/mol. The highest BCUT2D eigenvalue weighted by molar-refractivity contribution is 5.94. The van der Waals surface area contributed by atoms with Crippen LogP contribution in [0.5, 0.6) is 0 Å². The van der Waals surface area contributed by atoms with Crippen LogP contribution in [-0.2, 0) is 9.59 Å². The number of carbonyl (C=O) groups excluding carboxylic acids is 2. The first-order valence-electron chi connectivity index (χ1n) is 3.58. The summed E-state index contributed by atoms with van der Waals surface area (Å²) in [5.74, 6) is -6.59. The molecule has 80 valence electrons. The highest BCUT2D eigenvalue weighted by atomic mass is 16.5. The molecule has 7 heteroatoms. The standard InChI is InChI=1S/C7H12N2O5/c1-2-3-6(12,4(8)10)7(13,14)5(9)11/h2,12-14H,1,3H2,(H2,8,10)(H2,9,11). The van der Waals surface area contributed by atoms with Crippen molar-refractivity contribution in [2.75, 3.05) is 0 Å². The van der Waals surface area contributed by atoms with Crippen molar-refractivity contribution < 1.29 is 24.9 Å². The number of aliphatic hydroxyl groups is 3. The van der Waals surface area contributed by atoms with E-state index in [4.69, 9.17) is 15.9 Å². The molecule has 0 rings (SSSR count). The molecule has 0 aromatic heterocycles. The van der Waals surface area contributed by atoms with Crippen molar-refractivity contribution in [3.05, 3.63) is 12.7 Å². The minimum Gasteiger partial charge on any atom is -0.375 e. The van der Waals surface area contributed by atoms with Gasteiger partial charge in [0.25, 0.3) is 17.6 Å². The first-order chi connectivity index (χ1) is 6.20. The number of hydrogen-bond donors (Lipinski definition) is 5. The van der Waals surface area contributed by atoms with Crippen LogP contribution in [0.1, 0.15) is 6.42 Å². The third-order valence-electron chi connectivity index (χ3n) is 1.77. The van der Waals surface area contributed by atoms with Crippen molar-refractivity contribution in [3.63, 3.8) is 0 Å². The summed E-state index contributed by atoms with van der Waals surface area (Å²) in [5.41, 5.74) is 6.43. The largest absolute Gasteiger partial charge is 0.375 e. The van der Waals surface area contributed by atoms with Gasteiger partial charge in [0.15, 0.2) is 0 Å². The number of carbonyl (C=O) groups is 2. The van der Waals surface area contributed by atoms with Gasteiger partial charge in [0.1, 0.15) is 0 Å². The average Bonchev–Trinajstić information content (AvgIpc) is 2.03. The van der Waals surface area contributed by atoms with Crippen LogP contribution >= 0.6 is 0 Å². The van der Waals surface area contributed by atoms with Crippen LogP contribution in [0.3, 0.4) is 0 Å². The molecule has 0 aliphatic heterocycles. The Labute approximate surface area is 79.6 Å². The Hall–Kier alpha value is -1.44. The van der Waals surface area contributed by atoms with E-state index >= 15 is 0 Å². The summed E-state index contributed by atoms with van der Waals surface area (Å²) in [6, 6.07) is 0. The number of primary amides is 2. The maximum atomic E-state index is 10.8. The van der Waals surface area contributed by atoms with Gasteiger partial charge in [0.05, 0.1) is 0 Å². The van der Waals surface area contributed by atoms with Crippen LogP contribution in [0, 0.1) is 0 Å². The van der Waals surface area contributed by atoms with Crippen molar-refractivity contribution in [3.8, 4) is 0 Å². The molecule has 0 aliphatic rings. The zero-order chi connectivity index (χ0) is 11.6. The molecule has 0 aromatic rings. The molecule has 7 nitrogen and oxygen atoms in total. The molecular weight excluding hydrogens is 192 g/mol. The van der Waals surface area contributed by atoms with Crippen molar-refractivity contribution in [1.82, 2.24) is 0 Å². The maximum Gasteiger partial charge on any atom is 0.284 e. The van der Waals surface area contributed by atoms with Gasteiger partial charge >= 0.3 is 0 Å². The molecule has 0 aliphatic carbocycles. The van der Waals surface area contributed by atoms with Gasteiger partial charge in [-0.15, -0.1) is 6.58 Å². The van der Waals surface area contributed by atoms with Crippen LogP contribution in [-0.4, -0.2) is 38.5 Å². The van der Waals surface area contributed by atoms with Crippen LogP contribution in [0.25, 0.3) is 0 Å². The maximum absolute atomic E-state index is 10.8. The minimum absolute atomic E-state index is 0.613. The van der Waals surface area contributed by atoms with Crippen molar-refractivity contribution in [2.24, 2.45) is 11.5 Å². The van der Waals surface area contributed by atoms with E-state index in [-0.39, 0.29) is 0 Å². The Morgan fingerprint density at radius 2 is 1.64 bits per heavy atom. The molecule has 7 N–H and O–H groups in total. The SMILES string of the molecule is C=CCC(O)(C(N)=O)C(O)(O)C(N)=O. The van der Waals surface area contributed by atoms with Crippen molar-refractivity contribution in [2.45, 2.75) is 17.8 Å². The Balaban J connectivity index is 5.29. The quantitative estimate of drug-likeness (QED) is 0.238. The fraction of sp³-hybridized carbons (Fsp3) is 0.429. The summed E-state index contributed by atoms with van der Waals surface area (Å²) >= 11 is 0. The second kappa shape index (κ2) is 3.74. The van der Waals surface area contributed by atoms with Crippen molar-refractivity contribution >= 4 is 11.8 Å². The van der Waals surface area contributed by atoms with E-state index in [9.17, 15) is 14.7 Å². The highest BCUT2D eigenvalue weighted by Crippen LogP contribution is 2.23. The summed E-state index contributed by atoms with van der Waals surface area (Å²) in [7, 11) is 0. The van der Waals surface area contributed by atoms with Gasteiger partial charge < -0.3 is 26.8 Å². The summed E-state index contributed by atoms with van der Waals surface area (Å²) < 4.78 is 0. The molecule has 1 unspecified atom stereocenters. The number of nitrogens with two attached hydrogens (primary N) is 2. The smallest absolute Gasteiger partial charge is 0.284 e. The van der Waals surface area contributed by atoms with E-state index in [1.807, 2.05) is 0 Å². The van der Waals surface area contributed by atoms with Gasteiger partial charge in [0.2, 0.25) is 5.60 Å². The first kappa shape index (κ1) is 12.6. The molecule has 0 spiro atoms. The zero-order valence-electron chi connectivity index (χ0n) is 7.30. The second-order valence-corrected chi connectivity index (χ2v) is 2.75. The highest BCUT2D eigenvalue weighted by Gasteiger charge is 2.56. The lowest BCUT2D eigenvalue weighted by atomic mass is 9.88. The van der Waals surface area contributed by atoms with Gasteiger partial charge in [-0.3, -0.25) is 9.59 Å². The average molecular weight is 204 g/mol. The summed E-state index contributed by atoms with van der Waals surface area (Å²) in [6.07, 6.45) is 0.382. The number of rotatable bonds is 5. The van der Waals surface area contributed by atoms with Crippen LogP contribution in [0.4, 0.5) is 0 Å². The van der Waals surface area contributed by atoms with Crippen molar-refractivity contribution in [1.29, 1.82) is 0 Å². The van der Waals surface area contributed by atoms with Gasteiger partial charge in [-0.2, -0.15) is 0 Å². The van der Waals surface area contributed by atoms with Gasteiger partial charge in [0, 0.05) is 6.42 Å². The lowest BCUT2D eigenvalue weighted by Gasteiger charge is -2.33. The zero-order valence-corrected chi connectivity index (χ0v) is 7.30. The Morgan fingerprint density at radius 3 is 1.86 bits per heavy atom. The molecule has 0 saturated carbocycles. The summed E-state index contributed by atoms with van der Waals surface area (Å²) in [6.45, 7) is 3.16. The lowest BCUT2D eigenvalue weighted by Crippen LogP contribution is -2.67. The summed E-state index contributed by atoms with van der Waals surface area (Å²) in [4.78, 5) is 21.3. The molecule has 0 radical (unpaired) electrons. The predicted octanol–water partition coefficient (Wildman–Crippen LogP) is -3.05. The van der Waals surface area contributed by atoms with Crippen LogP contribution < -0.4 is 11.5 Å². The third kappa shape index (κ3) is 1.74. The molecule has 0 saturated heterocycles. The fourth-order valence-corrected chi connectivity index (χ4v) is 0.827. The van der Waals surface area contributed by atoms with E-state index in [0.29, 0.717) is 0 Å². The van der Waals surface area contributed by atoms with E-state index in [1.54, 1.807) is 0 Å². The fourth-order valence-electron chi connectivity index (χ4n) is 0.827. The molecular formula is C7H12N2O5. The molecule has 0 bridgehead atoms. The summed E-state index contributed by atoms with van der Waals surface area (Å²) in [5, 5.41) is 27.6. The van der Waals surface area contributed by atoms with E-state index < -0.39 is 29.6 Å². The first-order valence-corrected chi connectivity index (χ1v) is 3.58. The normalized spacial score (nSPS) is 15.6. The Kier molecular flexibility index (Phi) is 3.36. The van der Waals surface area contributed by atoms with E-state index in [1.165, 1.54) is 0 Å². The molecule has 0 fully saturated rings.